The number of hydrogen-bond acceptors (Lipinski definition) is 5. The first-order valence-electron chi connectivity index (χ1n) is 5.89. The molecule has 3 aromatic rings. The van der Waals surface area contributed by atoms with E-state index in [0.717, 1.165) is 5.52 Å². The number of fused-ring (bicyclic) bond motifs is 1. The zero-order valence-electron chi connectivity index (χ0n) is 10.6. The summed E-state index contributed by atoms with van der Waals surface area (Å²) >= 11 is 0. The van der Waals surface area contributed by atoms with E-state index in [9.17, 15) is 10.1 Å². The van der Waals surface area contributed by atoms with Gasteiger partial charge in [-0.25, -0.2) is 9.97 Å². The van der Waals surface area contributed by atoms with Gasteiger partial charge in [-0.3, -0.25) is 10.1 Å². The molecule has 0 aliphatic rings. The number of nitrogen functional groups attached to an aromatic ring is 1. The maximum absolute atomic E-state index is 10.9. The van der Waals surface area contributed by atoms with Gasteiger partial charge in [-0.15, -0.1) is 0 Å². The summed E-state index contributed by atoms with van der Waals surface area (Å²) in [5.41, 5.74) is 7.71. The lowest BCUT2D eigenvalue weighted by Crippen LogP contribution is -1.98. The standard InChI is InChI=1S/C13H11N5O2/c1-17-10-3-2-6-15-12(10)16-13(17)8-4-5-9(14)11(7-8)18(19)20/h2-7H,14H2,1H3. The van der Waals surface area contributed by atoms with Crippen LogP contribution in [0.4, 0.5) is 11.4 Å². The molecule has 100 valence electrons. The highest BCUT2D eigenvalue weighted by molar-refractivity contribution is 5.78. The van der Waals surface area contributed by atoms with Gasteiger partial charge >= 0.3 is 0 Å². The first kappa shape index (κ1) is 12.1. The number of aryl methyl sites for hydroxylation is 1. The van der Waals surface area contributed by atoms with Crippen molar-refractivity contribution in [3.05, 3.63) is 46.6 Å². The fraction of sp³-hybridized carbons (Fsp3) is 0.0769. The van der Waals surface area contributed by atoms with Crippen LogP contribution >= 0.6 is 0 Å². The predicted octanol–water partition coefficient (Wildman–Crippen LogP) is 2.13. The number of pyridine rings is 1. The van der Waals surface area contributed by atoms with Crippen LogP contribution < -0.4 is 5.73 Å². The molecule has 0 saturated carbocycles. The number of anilines is 1. The van der Waals surface area contributed by atoms with E-state index in [1.165, 1.54) is 12.1 Å². The predicted molar refractivity (Wildman–Crippen MR) is 75.0 cm³/mol. The Morgan fingerprint density at radius 1 is 1.35 bits per heavy atom. The molecule has 0 saturated heterocycles. The van der Waals surface area contributed by atoms with Gasteiger partial charge in [-0.1, -0.05) is 0 Å². The Morgan fingerprint density at radius 2 is 2.15 bits per heavy atom. The Hall–Kier alpha value is -2.96. The highest BCUT2D eigenvalue weighted by Gasteiger charge is 2.16. The van der Waals surface area contributed by atoms with Crippen LogP contribution in [0.1, 0.15) is 0 Å². The van der Waals surface area contributed by atoms with Gasteiger partial charge in [-0.05, 0) is 24.3 Å². The Balaban J connectivity index is 2.23. The molecule has 0 radical (unpaired) electrons. The minimum absolute atomic E-state index is 0.123. The molecule has 20 heavy (non-hydrogen) atoms. The maximum Gasteiger partial charge on any atom is 0.292 e. The molecule has 0 spiro atoms. The van der Waals surface area contributed by atoms with Gasteiger partial charge in [0.1, 0.15) is 11.5 Å². The van der Waals surface area contributed by atoms with Crippen molar-refractivity contribution in [2.24, 2.45) is 7.05 Å². The number of aromatic nitrogens is 3. The Kier molecular flexibility index (Phi) is 2.60. The Morgan fingerprint density at radius 3 is 2.85 bits per heavy atom. The summed E-state index contributed by atoms with van der Waals surface area (Å²) in [6.45, 7) is 0. The molecule has 7 heteroatoms. The molecule has 2 N–H and O–H groups in total. The SMILES string of the molecule is Cn1c(-c2ccc(N)c([N+](=O)[O-])c2)nc2ncccc21. The van der Waals surface area contributed by atoms with E-state index in [2.05, 4.69) is 9.97 Å². The minimum atomic E-state index is -0.500. The topological polar surface area (TPSA) is 99.9 Å². The molecule has 3 rings (SSSR count). The summed E-state index contributed by atoms with van der Waals surface area (Å²) in [5.74, 6) is 0.613. The van der Waals surface area contributed by atoms with Crippen molar-refractivity contribution in [3.8, 4) is 11.4 Å². The molecule has 0 amide bonds. The lowest BCUT2D eigenvalue weighted by molar-refractivity contribution is -0.383. The average molecular weight is 269 g/mol. The van der Waals surface area contributed by atoms with E-state index in [1.54, 1.807) is 12.3 Å². The van der Waals surface area contributed by atoms with Crippen molar-refractivity contribution >= 4 is 22.5 Å². The Bertz CT molecular complexity index is 825. The van der Waals surface area contributed by atoms with Crippen LogP contribution in [0.15, 0.2) is 36.5 Å². The van der Waals surface area contributed by atoms with E-state index < -0.39 is 4.92 Å². The maximum atomic E-state index is 10.9. The lowest BCUT2D eigenvalue weighted by Gasteiger charge is -2.03. The summed E-state index contributed by atoms with van der Waals surface area (Å²) in [6, 6.07) is 8.37. The molecule has 2 aromatic heterocycles. The zero-order valence-corrected chi connectivity index (χ0v) is 10.6. The summed E-state index contributed by atoms with van der Waals surface area (Å²) < 4.78 is 1.84. The molecule has 0 aliphatic carbocycles. The van der Waals surface area contributed by atoms with Crippen LogP contribution in [0, 0.1) is 10.1 Å². The number of nitrogens with zero attached hydrogens (tertiary/aromatic N) is 4. The second-order valence-corrected chi connectivity index (χ2v) is 4.37. The van der Waals surface area contributed by atoms with Gasteiger partial charge in [0.05, 0.1) is 10.4 Å². The first-order chi connectivity index (χ1) is 9.58. The molecule has 0 aliphatic heterocycles. The molecular formula is C13H11N5O2. The summed E-state index contributed by atoms with van der Waals surface area (Å²) in [6.07, 6.45) is 1.66. The van der Waals surface area contributed by atoms with Gasteiger partial charge in [0.25, 0.3) is 5.69 Å². The van der Waals surface area contributed by atoms with Gasteiger partial charge in [0, 0.05) is 24.9 Å². The fourth-order valence-corrected chi connectivity index (χ4v) is 2.12. The van der Waals surface area contributed by atoms with Crippen LogP contribution in [0.3, 0.4) is 0 Å². The van der Waals surface area contributed by atoms with Crippen LogP contribution in [0.2, 0.25) is 0 Å². The number of nitrogens with two attached hydrogens (primary N) is 1. The van der Waals surface area contributed by atoms with Gasteiger partial charge in [0.2, 0.25) is 0 Å². The monoisotopic (exact) mass is 269 g/mol. The second-order valence-electron chi connectivity index (χ2n) is 4.37. The van der Waals surface area contributed by atoms with Gasteiger partial charge in [-0.2, -0.15) is 0 Å². The van der Waals surface area contributed by atoms with E-state index in [-0.39, 0.29) is 11.4 Å². The summed E-state index contributed by atoms with van der Waals surface area (Å²) in [7, 11) is 1.84. The van der Waals surface area contributed by atoms with Crippen LogP contribution in [0.25, 0.3) is 22.6 Å². The highest BCUT2D eigenvalue weighted by Crippen LogP contribution is 2.29. The van der Waals surface area contributed by atoms with Crippen LogP contribution in [-0.2, 0) is 7.05 Å². The van der Waals surface area contributed by atoms with Gasteiger partial charge < -0.3 is 10.3 Å². The first-order valence-corrected chi connectivity index (χ1v) is 5.89. The van der Waals surface area contributed by atoms with Crippen LogP contribution in [0.5, 0.6) is 0 Å². The highest BCUT2D eigenvalue weighted by atomic mass is 16.6. The third kappa shape index (κ3) is 1.76. The smallest absolute Gasteiger partial charge is 0.292 e. The van der Waals surface area contributed by atoms with Crippen molar-refractivity contribution in [1.29, 1.82) is 0 Å². The van der Waals surface area contributed by atoms with Gasteiger partial charge in [0.15, 0.2) is 5.65 Å². The molecule has 2 heterocycles. The Labute approximate surface area is 113 Å². The number of hydrogen-bond donors (Lipinski definition) is 1. The van der Waals surface area contributed by atoms with E-state index in [0.29, 0.717) is 17.0 Å². The quantitative estimate of drug-likeness (QED) is 0.436. The fourth-order valence-electron chi connectivity index (χ4n) is 2.12. The van der Waals surface area contributed by atoms with Crippen molar-refractivity contribution in [1.82, 2.24) is 14.5 Å². The second kappa shape index (κ2) is 4.30. The zero-order chi connectivity index (χ0) is 14.3. The molecule has 0 unspecified atom stereocenters. The molecule has 7 nitrogen and oxygen atoms in total. The van der Waals surface area contributed by atoms with Crippen molar-refractivity contribution in [2.45, 2.75) is 0 Å². The number of nitro benzene ring substituents is 1. The van der Waals surface area contributed by atoms with Crippen molar-refractivity contribution in [2.75, 3.05) is 5.73 Å². The summed E-state index contributed by atoms with van der Waals surface area (Å²) in [4.78, 5) is 19.0. The van der Waals surface area contributed by atoms with Crippen molar-refractivity contribution in [3.63, 3.8) is 0 Å². The normalized spacial score (nSPS) is 10.8. The van der Waals surface area contributed by atoms with E-state index >= 15 is 0 Å². The average Bonchev–Trinajstić information content (AvgIpc) is 2.77. The van der Waals surface area contributed by atoms with Crippen LogP contribution in [-0.4, -0.2) is 19.5 Å². The molecule has 0 fully saturated rings. The molecular weight excluding hydrogens is 258 g/mol. The number of rotatable bonds is 2. The van der Waals surface area contributed by atoms with E-state index in [1.807, 2.05) is 23.7 Å². The van der Waals surface area contributed by atoms with Crippen molar-refractivity contribution < 1.29 is 4.92 Å². The lowest BCUT2D eigenvalue weighted by atomic mass is 10.1. The van der Waals surface area contributed by atoms with E-state index in [4.69, 9.17) is 5.73 Å². The third-order valence-electron chi connectivity index (χ3n) is 3.14. The minimum Gasteiger partial charge on any atom is -0.393 e. The largest absolute Gasteiger partial charge is 0.393 e. The molecule has 1 aromatic carbocycles. The number of nitro groups is 1. The number of benzene rings is 1. The number of imidazole rings is 1. The molecule has 0 bridgehead atoms. The third-order valence-corrected chi connectivity index (χ3v) is 3.14. The molecule has 0 atom stereocenters. The summed E-state index contributed by atoms with van der Waals surface area (Å²) in [5, 5.41) is 10.9.